The molecule has 0 spiro atoms. The Kier molecular flexibility index (Phi) is 5.63. The Morgan fingerprint density at radius 3 is 2.54 bits per heavy atom. The van der Waals surface area contributed by atoms with Gasteiger partial charge in [-0.3, -0.25) is 9.69 Å². The van der Waals surface area contributed by atoms with Gasteiger partial charge in [-0.05, 0) is 57.6 Å². The number of carbonyl (C=O) groups excluding carboxylic acids is 1. The van der Waals surface area contributed by atoms with Gasteiger partial charge in [-0.2, -0.15) is 5.26 Å². The molecule has 10 heteroatoms. The second kappa shape index (κ2) is 7.12. The molecule has 1 aromatic carbocycles. The normalized spacial score (nSPS) is 18.2. The minimum atomic E-state index is -3.61. The molecule has 1 atom stereocenters. The molecular formula is C16H19ClN4O3S2. The fourth-order valence-corrected chi connectivity index (χ4v) is 4.46. The molecule has 7 nitrogen and oxygen atoms in total. The number of amides is 1. The highest BCUT2D eigenvalue weighted by molar-refractivity contribution is 7.89. The first-order valence-electron chi connectivity index (χ1n) is 7.78. The number of thiocarbonyl (C=S) groups is 1. The van der Waals surface area contributed by atoms with Crippen LogP contribution in [0.25, 0.3) is 0 Å². The van der Waals surface area contributed by atoms with Crippen LogP contribution >= 0.6 is 23.8 Å². The van der Waals surface area contributed by atoms with Gasteiger partial charge < -0.3 is 4.90 Å². The van der Waals surface area contributed by atoms with Crippen LogP contribution in [-0.4, -0.2) is 41.7 Å². The molecule has 1 aromatic rings. The predicted molar refractivity (Wildman–Crippen MR) is 104 cm³/mol. The highest BCUT2D eigenvalue weighted by Crippen LogP contribution is 2.35. The van der Waals surface area contributed by atoms with Gasteiger partial charge in [0.1, 0.15) is 11.6 Å². The van der Waals surface area contributed by atoms with Crippen LogP contribution in [0.4, 0.5) is 5.69 Å². The summed E-state index contributed by atoms with van der Waals surface area (Å²) >= 11 is 11.6. The highest BCUT2D eigenvalue weighted by atomic mass is 35.5. The van der Waals surface area contributed by atoms with Crippen molar-refractivity contribution in [2.45, 2.75) is 38.8 Å². The third-order valence-corrected chi connectivity index (χ3v) is 5.82. The summed E-state index contributed by atoms with van der Waals surface area (Å²) in [4.78, 5) is 16.0. The van der Waals surface area contributed by atoms with Crippen LogP contribution in [0.15, 0.2) is 18.2 Å². The van der Waals surface area contributed by atoms with E-state index in [4.69, 9.17) is 34.2 Å². The van der Waals surface area contributed by atoms with Gasteiger partial charge in [-0.1, -0.05) is 11.6 Å². The quantitative estimate of drug-likeness (QED) is 0.738. The van der Waals surface area contributed by atoms with Crippen molar-refractivity contribution in [3.05, 3.63) is 28.8 Å². The minimum Gasteiger partial charge on any atom is -0.332 e. The Hall–Kier alpha value is -1.73. The molecule has 1 aliphatic rings. The van der Waals surface area contributed by atoms with E-state index in [9.17, 15) is 13.2 Å². The van der Waals surface area contributed by atoms with Crippen LogP contribution in [0, 0.1) is 11.3 Å². The fraction of sp³-hybridized carbons (Fsp3) is 0.438. The smallest absolute Gasteiger partial charge is 0.258 e. The number of rotatable bonds is 5. The first-order chi connectivity index (χ1) is 11.9. The van der Waals surface area contributed by atoms with Crippen molar-refractivity contribution in [3.63, 3.8) is 0 Å². The SMILES string of the molecule is CC(CCS(N)(=O)=O)N1C(=S)N(c2ccc(C#N)c(Cl)c2)C(=O)C1(C)C. The highest BCUT2D eigenvalue weighted by Gasteiger charge is 2.51. The third-order valence-electron chi connectivity index (χ3n) is 4.32. The molecule has 0 aromatic heterocycles. The molecule has 26 heavy (non-hydrogen) atoms. The van der Waals surface area contributed by atoms with Gasteiger partial charge in [-0.15, -0.1) is 0 Å². The van der Waals surface area contributed by atoms with Gasteiger partial charge in [0.25, 0.3) is 5.91 Å². The fourth-order valence-electron chi connectivity index (χ4n) is 2.98. The van der Waals surface area contributed by atoms with Gasteiger partial charge in [-0.25, -0.2) is 13.6 Å². The summed E-state index contributed by atoms with van der Waals surface area (Å²) in [6.45, 7) is 5.24. The minimum absolute atomic E-state index is 0.208. The monoisotopic (exact) mass is 414 g/mol. The van der Waals surface area contributed by atoms with Gasteiger partial charge in [0.2, 0.25) is 10.0 Å². The van der Waals surface area contributed by atoms with Crippen molar-refractivity contribution in [1.29, 1.82) is 5.26 Å². The molecule has 0 radical (unpaired) electrons. The second-order valence-electron chi connectivity index (χ2n) is 6.63. The lowest BCUT2D eigenvalue weighted by atomic mass is 10.0. The van der Waals surface area contributed by atoms with Gasteiger partial charge in [0.15, 0.2) is 5.11 Å². The summed E-state index contributed by atoms with van der Waals surface area (Å²) in [5.74, 6) is -0.467. The molecule has 0 saturated carbocycles. The van der Waals surface area contributed by atoms with Crippen LogP contribution in [0.2, 0.25) is 5.02 Å². The molecular weight excluding hydrogens is 396 g/mol. The van der Waals surface area contributed by atoms with Crippen molar-refractivity contribution < 1.29 is 13.2 Å². The molecule has 1 amide bonds. The van der Waals surface area contributed by atoms with E-state index in [1.165, 1.54) is 17.0 Å². The van der Waals surface area contributed by atoms with Crippen molar-refractivity contribution in [1.82, 2.24) is 4.90 Å². The van der Waals surface area contributed by atoms with E-state index in [0.717, 1.165) is 0 Å². The number of primary sulfonamides is 1. The van der Waals surface area contributed by atoms with E-state index in [1.54, 1.807) is 31.7 Å². The van der Waals surface area contributed by atoms with E-state index >= 15 is 0 Å². The lowest BCUT2D eigenvalue weighted by molar-refractivity contribution is -0.123. The van der Waals surface area contributed by atoms with Gasteiger partial charge >= 0.3 is 0 Å². The number of anilines is 1. The van der Waals surface area contributed by atoms with Crippen molar-refractivity contribution >= 4 is 50.5 Å². The molecule has 0 bridgehead atoms. The molecule has 1 unspecified atom stereocenters. The zero-order valence-electron chi connectivity index (χ0n) is 14.6. The van der Waals surface area contributed by atoms with Crippen LogP contribution < -0.4 is 10.0 Å². The standard InChI is InChI=1S/C16H19ClN4O3S2/c1-10(6-7-26(19,23)24)21-15(25)20(14(22)16(21,2)3)12-5-4-11(9-18)13(17)8-12/h4-5,8,10H,6-7H2,1-3H3,(H2,19,23,24). The Morgan fingerprint density at radius 2 is 2.04 bits per heavy atom. The van der Waals surface area contributed by atoms with E-state index in [-0.39, 0.29) is 34.3 Å². The largest absolute Gasteiger partial charge is 0.332 e. The molecule has 0 aliphatic carbocycles. The Bertz CT molecular complexity index is 909. The van der Waals surface area contributed by atoms with Crippen LogP contribution in [-0.2, 0) is 14.8 Å². The first kappa shape index (κ1) is 20.6. The molecule has 2 N–H and O–H groups in total. The molecule has 2 rings (SSSR count). The van der Waals surface area contributed by atoms with Crippen LogP contribution in [0.5, 0.6) is 0 Å². The summed E-state index contributed by atoms with van der Waals surface area (Å²) in [6, 6.07) is 6.28. The van der Waals surface area contributed by atoms with Gasteiger partial charge in [0, 0.05) is 6.04 Å². The lowest BCUT2D eigenvalue weighted by Gasteiger charge is -2.35. The summed E-state index contributed by atoms with van der Waals surface area (Å²) in [7, 11) is -3.61. The number of benzene rings is 1. The van der Waals surface area contributed by atoms with Gasteiger partial charge in [0.05, 0.1) is 22.0 Å². The number of nitrogens with zero attached hydrogens (tertiary/aromatic N) is 3. The number of halogens is 1. The van der Waals surface area contributed by atoms with Crippen molar-refractivity contribution in [2.75, 3.05) is 10.7 Å². The number of nitriles is 1. The molecule has 140 valence electrons. The third kappa shape index (κ3) is 3.83. The van der Waals surface area contributed by atoms with E-state index in [2.05, 4.69) is 0 Å². The lowest BCUT2D eigenvalue weighted by Crippen LogP contribution is -2.49. The van der Waals surface area contributed by atoms with Crippen molar-refractivity contribution in [3.8, 4) is 6.07 Å². The number of sulfonamides is 1. The second-order valence-corrected chi connectivity index (χ2v) is 9.14. The predicted octanol–water partition coefficient (Wildman–Crippen LogP) is 1.99. The Morgan fingerprint density at radius 1 is 1.42 bits per heavy atom. The molecule has 1 heterocycles. The summed E-state index contributed by atoms with van der Waals surface area (Å²) < 4.78 is 22.5. The van der Waals surface area contributed by atoms with Crippen LogP contribution in [0.1, 0.15) is 32.8 Å². The van der Waals surface area contributed by atoms with Crippen LogP contribution in [0.3, 0.4) is 0 Å². The van der Waals surface area contributed by atoms with E-state index in [0.29, 0.717) is 11.3 Å². The summed E-state index contributed by atoms with van der Waals surface area (Å²) in [5.41, 5.74) is -0.210. The van der Waals surface area contributed by atoms with E-state index in [1.807, 2.05) is 6.07 Å². The topological polar surface area (TPSA) is 108 Å². The zero-order chi connectivity index (χ0) is 19.9. The summed E-state index contributed by atoms with van der Waals surface area (Å²) in [5, 5.41) is 14.5. The average molecular weight is 415 g/mol. The average Bonchev–Trinajstić information content (AvgIpc) is 2.69. The zero-order valence-corrected chi connectivity index (χ0v) is 17.0. The molecule has 1 saturated heterocycles. The maximum Gasteiger partial charge on any atom is 0.258 e. The first-order valence-corrected chi connectivity index (χ1v) is 10.3. The summed E-state index contributed by atoms with van der Waals surface area (Å²) in [6.07, 6.45) is 0.234. The Balaban J connectivity index is 2.37. The number of hydrogen-bond acceptors (Lipinski definition) is 5. The number of nitrogens with two attached hydrogens (primary N) is 1. The number of hydrogen-bond donors (Lipinski definition) is 1. The van der Waals surface area contributed by atoms with Crippen molar-refractivity contribution in [2.24, 2.45) is 5.14 Å². The number of carbonyl (C=O) groups is 1. The maximum absolute atomic E-state index is 13.0. The molecule has 1 fully saturated rings. The molecule has 1 aliphatic heterocycles. The Labute approximate surface area is 163 Å². The van der Waals surface area contributed by atoms with E-state index < -0.39 is 15.6 Å². The maximum atomic E-state index is 13.0.